The molecule has 0 aliphatic heterocycles. The minimum Gasteiger partial charge on any atom is -0.297 e. The molecule has 0 spiro atoms. The zero-order valence-electron chi connectivity index (χ0n) is 9.26. The van der Waals surface area contributed by atoms with Gasteiger partial charge in [-0.05, 0) is 18.3 Å². The molecule has 1 aliphatic carbocycles. The summed E-state index contributed by atoms with van der Waals surface area (Å²) < 4.78 is 2.07. The molecule has 0 amide bonds. The normalized spacial score (nSPS) is 26.1. The van der Waals surface area contributed by atoms with Gasteiger partial charge in [0, 0.05) is 30.2 Å². The molecule has 4 nitrogen and oxygen atoms in total. The number of aromatic nitrogens is 2. The fraction of sp³-hybridized carbons (Fsp3) is 0.545. The van der Waals surface area contributed by atoms with Crippen LogP contribution in [0.2, 0.25) is 0 Å². The van der Waals surface area contributed by atoms with Crippen LogP contribution in [0.1, 0.15) is 19.0 Å². The van der Waals surface area contributed by atoms with Gasteiger partial charge in [0.05, 0.1) is 5.69 Å². The van der Waals surface area contributed by atoms with Crippen LogP contribution in [0.5, 0.6) is 0 Å². The first-order chi connectivity index (χ1) is 7.78. The standard InChI is InChI=1S/C11H16N4S/c1-7-4-9(7)10(14-12)5-8-6-15-2-3-16-11(15)13-8/h2-3,6-7,9-10,14H,4-5,12H2,1H3. The second-order valence-corrected chi connectivity index (χ2v) is 5.55. The van der Waals surface area contributed by atoms with Crippen LogP contribution < -0.4 is 11.3 Å². The van der Waals surface area contributed by atoms with E-state index in [1.54, 1.807) is 11.3 Å². The zero-order valence-corrected chi connectivity index (χ0v) is 10.1. The van der Waals surface area contributed by atoms with Crippen LogP contribution in [-0.4, -0.2) is 15.4 Å². The van der Waals surface area contributed by atoms with Gasteiger partial charge in [-0.25, -0.2) is 4.98 Å². The van der Waals surface area contributed by atoms with Gasteiger partial charge in [-0.3, -0.25) is 15.7 Å². The Balaban J connectivity index is 1.75. The van der Waals surface area contributed by atoms with Gasteiger partial charge < -0.3 is 0 Å². The van der Waals surface area contributed by atoms with E-state index in [1.165, 1.54) is 6.42 Å². The van der Waals surface area contributed by atoms with E-state index in [2.05, 4.69) is 27.9 Å². The number of hydrogen-bond acceptors (Lipinski definition) is 4. The van der Waals surface area contributed by atoms with E-state index in [4.69, 9.17) is 5.84 Å². The van der Waals surface area contributed by atoms with Crippen LogP contribution in [0.15, 0.2) is 17.8 Å². The van der Waals surface area contributed by atoms with Gasteiger partial charge in [0.25, 0.3) is 0 Å². The van der Waals surface area contributed by atoms with Crippen molar-refractivity contribution in [1.82, 2.24) is 14.8 Å². The number of thiazole rings is 1. The summed E-state index contributed by atoms with van der Waals surface area (Å²) in [5.74, 6) is 7.15. The first-order valence-corrected chi connectivity index (χ1v) is 6.53. The Morgan fingerprint density at radius 2 is 2.56 bits per heavy atom. The molecule has 2 aromatic heterocycles. The number of hydrazine groups is 1. The first-order valence-electron chi connectivity index (χ1n) is 5.65. The molecule has 2 heterocycles. The van der Waals surface area contributed by atoms with Gasteiger partial charge in [0.15, 0.2) is 4.96 Å². The van der Waals surface area contributed by atoms with Gasteiger partial charge in [-0.15, -0.1) is 11.3 Å². The highest BCUT2D eigenvalue weighted by Gasteiger charge is 2.39. The molecule has 0 aromatic carbocycles. The maximum Gasteiger partial charge on any atom is 0.193 e. The van der Waals surface area contributed by atoms with Crippen LogP contribution in [0.3, 0.4) is 0 Å². The van der Waals surface area contributed by atoms with Crippen molar-refractivity contribution >= 4 is 16.3 Å². The molecule has 16 heavy (non-hydrogen) atoms. The monoisotopic (exact) mass is 236 g/mol. The predicted octanol–water partition coefficient (Wildman–Crippen LogP) is 1.43. The third kappa shape index (κ3) is 1.75. The lowest BCUT2D eigenvalue weighted by Gasteiger charge is -2.13. The zero-order chi connectivity index (χ0) is 11.1. The van der Waals surface area contributed by atoms with Crippen molar-refractivity contribution in [3.63, 3.8) is 0 Å². The van der Waals surface area contributed by atoms with Crippen molar-refractivity contribution in [3.05, 3.63) is 23.5 Å². The fourth-order valence-electron chi connectivity index (χ4n) is 2.35. The number of hydrogen-bond donors (Lipinski definition) is 2. The number of nitrogens with two attached hydrogens (primary N) is 1. The van der Waals surface area contributed by atoms with Crippen LogP contribution in [-0.2, 0) is 6.42 Å². The average Bonchev–Trinajstić information content (AvgIpc) is 2.69. The second kappa shape index (κ2) is 3.84. The lowest BCUT2D eigenvalue weighted by molar-refractivity contribution is 0.451. The van der Waals surface area contributed by atoms with E-state index in [1.807, 2.05) is 11.6 Å². The third-order valence-corrected chi connectivity index (χ3v) is 4.25. The molecule has 3 N–H and O–H groups in total. The number of imidazole rings is 1. The summed E-state index contributed by atoms with van der Waals surface area (Å²) in [5, 5.41) is 2.05. The largest absolute Gasteiger partial charge is 0.297 e. The summed E-state index contributed by atoms with van der Waals surface area (Å²) in [6.45, 7) is 2.28. The van der Waals surface area contributed by atoms with Crippen molar-refractivity contribution < 1.29 is 0 Å². The molecule has 1 aliphatic rings. The Morgan fingerprint density at radius 1 is 1.75 bits per heavy atom. The SMILES string of the molecule is CC1CC1C(Cc1cn2ccsc2n1)NN. The molecular weight excluding hydrogens is 220 g/mol. The fourth-order valence-corrected chi connectivity index (χ4v) is 3.06. The number of nitrogens with one attached hydrogen (secondary N) is 1. The minimum atomic E-state index is 0.375. The van der Waals surface area contributed by atoms with Crippen molar-refractivity contribution in [3.8, 4) is 0 Å². The molecule has 3 unspecified atom stereocenters. The summed E-state index contributed by atoms with van der Waals surface area (Å²) >= 11 is 1.67. The van der Waals surface area contributed by atoms with E-state index in [9.17, 15) is 0 Å². The first kappa shape index (κ1) is 10.3. The van der Waals surface area contributed by atoms with Gasteiger partial charge in [-0.1, -0.05) is 6.92 Å². The second-order valence-electron chi connectivity index (χ2n) is 4.68. The van der Waals surface area contributed by atoms with E-state index in [-0.39, 0.29) is 0 Å². The molecule has 5 heteroatoms. The van der Waals surface area contributed by atoms with Crippen LogP contribution in [0, 0.1) is 11.8 Å². The lowest BCUT2D eigenvalue weighted by Crippen LogP contribution is -2.39. The molecule has 1 saturated carbocycles. The molecule has 3 rings (SSSR count). The molecule has 0 saturated heterocycles. The Bertz CT molecular complexity index is 460. The number of fused-ring (bicyclic) bond motifs is 1. The van der Waals surface area contributed by atoms with Crippen molar-refractivity contribution in [2.45, 2.75) is 25.8 Å². The topological polar surface area (TPSA) is 55.3 Å². The van der Waals surface area contributed by atoms with Gasteiger partial charge in [-0.2, -0.15) is 0 Å². The lowest BCUT2D eigenvalue weighted by atomic mass is 10.1. The molecular formula is C11H16N4S. The molecule has 0 radical (unpaired) electrons. The van der Waals surface area contributed by atoms with E-state index < -0.39 is 0 Å². The Hall–Kier alpha value is -0.910. The van der Waals surface area contributed by atoms with Crippen LogP contribution in [0.25, 0.3) is 4.96 Å². The molecule has 3 atom stereocenters. The Labute approximate surface area is 98.5 Å². The molecule has 86 valence electrons. The molecule has 2 aromatic rings. The van der Waals surface area contributed by atoms with Gasteiger partial charge in [0.1, 0.15) is 0 Å². The maximum atomic E-state index is 5.61. The van der Waals surface area contributed by atoms with Crippen molar-refractivity contribution in [1.29, 1.82) is 0 Å². The number of nitrogens with zero attached hydrogens (tertiary/aromatic N) is 2. The summed E-state index contributed by atoms with van der Waals surface area (Å²) in [4.78, 5) is 5.65. The van der Waals surface area contributed by atoms with Crippen LogP contribution >= 0.6 is 11.3 Å². The van der Waals surface area contributed by atoms with Crippen molar-refractivity contribution in [2.75, 3.05) is 0 Å². The smallest absolute Gasteiger partial charge is 0.193 e. The minimum absolute atomic E-state index is 0.375. The highest BCUT2D eigenvalue weighted by molar-refractivity contribution is 7.15. The third-order valence-electron chi connectivity index (χ3n) is 3.47. The van der Waals surface area contributed by atoms with Crippen molar-refractivity contribution in [2.24, 2.45) is 17.7 Å². The summed E-state index contributed by atoms with van der Waals surface area (Å²) in [7, 11) is 0. The maximum absolute atomic E-state index is 5.61. The summed E-state index contributed by atoms with van der Waals surface area (Å²) in [6, 6.07) is 0.375. The molecule has 1 fully saturated rings. The number of rotatable bonds is 4. The van der Waals surface area contributed by atoms with E-state index in [0.717, 1.165) is 28.9 Å². The van der Waals surface area contributed by atoms with E-state index in [0.29, 0.717) is 6.04 Å². The molecule has 0 bridgehead atoms. The van der Waals surface area contributed by atoms with Crippen LogP contribution in [0.4, 0.5) is 0 Å². The van der Waals surface area contributed by atoms with Gasteiger partial charge in [0.2, 0.25) is 0 Å². The quantitative estimate of drug-likeness (QED) is 0.623. The van der Waals surface area contributed by atoms with E-state index >= 15 is 0 Å². The average molecular weight is 236 g/mol. The highest BCUT2D eigenvalue weighted by atomic mass is 32.1. The highest BCUT2D eigenvalue weighted by Crippen LogP contribution is 2.41. The predicted molar refractivity (Wildman–Crippen MR) is 65.2 cm³/mol. The summed E-state index contributed by atoms with van der Waals surface area (Å²) in [6.07, 6.45) is 6.36. The Morgan fingerprint density at radius 3 is 3.19 bits per heavy atom. The Kier molecular flexibility index (Phi) is 2.46. The summed E-state index contributed by atoms with van der Waals surface area (Å²) in [5.41, 5.74) is 4.07. The van der Waals surface area contributed by atoms with Gasteiger partial charge >= 0.3 is 0 Å².